The van der Waals surface area contributed by atoms with Crippen LogP contribution in [0.1, 0.15) is 5.69 Å². The summed E-state index contributed by atoms with van der Waals surface area (Å²) in [5, 5.41) is 1.56. The fourth-order valence-corrected chi connectivity index (χ4v) is 3.39. The quantitative estimate of drug-likeness (QED) is 0.719. The summed E-state index contributed by atoms with van der Waals surface area (Å²) in [4.78, 5) is 13.9. The van der Waals surface area contributed by atoms with E-state index in [1.54, 1.807) is 17.5 Å². The molecule has 3 heterocycles. The molecule has 0 atom stereocenters. The first-order chi connectivity index (χ1) is 7.74. The molecule has 0 saturated carbocycles. The van der Waals surface area contributed by atoms with Crippen LogP contribution in [-0.4, -0.2) is 15.0 Å². The zero-order valence-corrected chi connectivity index (χ0v) is 10.1. The van der Waals surface area contributed by atoms with E-state index in [4.69, 9.17) is 5.73 Å². The summed E-state index contributed by atoms with van der Waals surface area (Å²) in [5.41, 5.74) is 7.60. The van der Waals surface area contributed by atoms with Crippen LogP contribution in [0.2, 0.25) is 0 Å². The molecule has 6 heteroatoms. The van der Waals surface area contributed by atoms with Crippen molar-refractivity contribution < 1.29 is 0 Å². The van der Waals surface area contributed by atoms with Gasteiger partial charge in [0.05, 0.1) is 20.8 Å². The molecule has 0 bridgehead atoms. The maximum Gasteiger partial charge on any atom is 0.180 e. The minimum absolute atomic E-state index is 0.588. The molecule has 0 saturated heterocycles. The fraction of sp³-hybridized carbons (Fsp3) is 0.100. The summed E-state index contributed by atoms with van der Waals surface area (Å²) in [6, 6.07) is 1.91. The largest absolute Gasteiger partial charge is 0.375 e. The molecule has 0 aliphatic carbocycles. The van der Waals surface area contributed by atoms with Crippen molar-refractivity contribution in [2.24, 2.45) is 0 Å². The van der Waals surface area contributed by atoms with Crippen molar-refractivity contribution in [3.63, 3.8) is 0 Å². The van der Waals surface area contributed by atoms with E-state index in [0.29, 0.717) is 5.13 Å². The molecule has 0 radical (unpaired) electrons. The molecule has 3 aromatic heterocycles. The zero-order chi connectivity index (χ0) is 11.1. The van der Waals surface area contributed by atoms with Crippen molar-refractivity contribution in [1.82, 2.24) is 15.0 Å². The average molecular weight is 248 g/mol. The van der Waals surface area contributed by atoms with Gasteiger partial charge in [0.25, 0.3) is 0 Å². The molecule has 0 aliphatic rings. The standard InChI is InChI=1S/C10H8N4S2/c1-5-8(16-10(11)13-5)9-14-6-2-3-12-4-7(6)15-9/h2-4H,1H3,(H2,11,13). The van der Waals surface area contributed by atoms with Gasteiger partial charge in [-0.2, -0.15) is 0 Å². The van der Waals surface area contributed by atoms with Crippen LogP contribution in [0.3, 0.4) is 0 Å². The van der Waals surface area contributed by atoms with E-state index < -0.39 is 0 Å². The van der Waals surface area contributed by atoms with Crippen molar-refractivity contribution >= 4 is 38.0 Å². The van der Waals surface area contributed by atoms with Gasteiger partial charge < -0.3 is 5.73 Å². The van der Waals surface area contributed by atoms with Gasteiger partial charge in [0.1, 0.15) is 5.01 Å². The number of aromatic nitrogens is 3. The molecule has 0 aromatic carbocycles. The Morgan fingerprint density at radius 3 is 2.81 bits per heavy atom. The minimum atomic E-state index is 0.588. The van der Waals surface area contributed by atoms with Crippen LogP contribution in [-0.2, 0) is 0 Å². The molecule has 3 aromatic rings. The van der Waals surface area contributed by atoms with Gasteiger partial charge in [-0.25, -0.2) is 9.97 Å². The van der Waals surface area contributed by atoms with Crippen molar-refractivity contribution in [3.05, 3.63) is 24.2 Å². The SMILES string of the molecule is Cc1nc(N)sc1-c1nc2ccncc2s1. The highest BCUT2D eigenvalue weighted by Crippen LogP contribution is 2.36. The van der Waals surface area contributed by atoms with E-state index in [9.17, 15) is 0 Å². The van der Waals surface area contributed by atoms with Gasteiger partial charge in [-0.3, -0.25) is 4.98 Å². The number of nitrogens with zero attached hydrogens (tertiary/aromatic N) is 3. The van der Waals surface area contributed by atoms with E-state index in [1.807, 2.05) is 19.2 Å². The predicted octanol–water partition coefficient (Wildman–Crippen LogP) is 2.71. The van der Waals surface area contributed by atoms with Gasteiger partial charge >= 0.3 is 0 Å². The Balaban J connectivity index is 2.22. The van der Waals surface area contributed by atoms with Gasteiger partial charge in [0, 0.05) is 12.4 Å². The van der Waals surface area contributed by atoms with E-state index in [1.165, 1.54) is 11.3 Å². The lowest BCUT2D eigenvalue weighted by Crippen LogP contribution is -1.80. The Labute approximate surface area is 99.8 Å². The Morgan fingerprint density at radius 1 is 1.25 bits per heavy atom. The predicted molar refractivity (Wildman–Crippen MR) is 67.7 cm³/mol. The highest BCUT2D eigenvalue weighted by atomic mass is 32.1. The monoisotopic (exact) mass is 248 g/mol. The molecule has 0 amide bonds. The number of hydrogen-bond donors (Lipinski definition) is 1. The molecule has 0 unspecified atom stereocenters. The molecule has 80 valence electrons. The number of thiazole rings is 2. The van der Waals surface area contributed by atoms with Crippen molar-refractivity contribution in [2.75, 3.05) is 5.73 Å². The van der Waals surface area contributed by atoms with Gasteiger partial charge in [-0.15, -0.1) is 11.3 Å². The number of hydrogen-bond acceptors (Lipinski definition) is 6. The number of fused-ring (bicyclic) bond motifs is 1. The van der Waals surface area contributed by atoms with E-state index in [2.05, 4.69) is 15.0 Å². The van der Waals surface area contributed by atoms with Crippen LogP contribution < -0.4 is 5.73 Å². The first kappa shape index (κ1) is 9.68. The van der Waals surface area contributed by atoms with Crippen LogP contribution in [0.15, 0.2) is 18.5 Å². The molecule has 3 rings (SSSR count). The van der Waals surface area contributed by atoms with Crippen LogP contribution in [0.25, 0.3) is 20.1 Å². The lowest BCUT2D eigenvalue weighted by molar-refractivity contribution is 1.27. The van der Waals surface area contributed by atoms with E-state index >= 15 is 0 Å². The molecular formula is C10H8N4S2. The molecule has 0 spiro atoms. The number of rotatable bonds is 1. The number of aryl methyl sites for hydroxylation is 1. The summed E-state index contributed by atoms with van der Waals surface area (Å²) in [7, 11) is 0. The second kappa shape index (κ2) is 3.50. The average Bonchev–Trinajstić information content (AvgIpc) is 2.81. The van der Waals surface area contributed by atoms with Gasteiger partial charge in [0.15, 0.2) is 5.13 Å². The summed E-state index contributed by atoms with van der Waals surface area (Å²) in [6.07, 6.45) is 3.58. The van der Waals surface area contributed by atoms with Crippen LogP contribution >= 0.6 is 22.7 Å². The zero-order valence-electron chi connectivity index (χ0n) is 8.47. The highest BCUT2D eigenvalue weighted by molar-refractivity contribution is 7.26. The Bertz CT molecular complexity index is 623. The van der Waals surface area contributed by atoms with Crippen molar-refractivity contribution in [1.29, 1.82) is 0 Å². The maximum atomic E-state index is 5.68. The molecular weight excluding hydrogens is 240 g/mol. The second-order valence-electron chi connectivity index (χ2n) is 3.33. The van der Waals surface area contributed by atoms with Crippen LogP contribution in [0.5, 0.6) is 0 Å². The fourth-order valence-electron chi connectivity index (χ4n) is 1.49. The van der Waals surface area contributed by atoms with Crippen LogP contribution in [0, 0.1) is 6.92 Å². The number of pyridine rings is 1. The van der Waals surface area contributed by atoms with Crippen LogP contribution in [0.4, 0.5) is 5.13 Å². The van der Waals surface area contributed by atoms with Gasteiger partial charge in [-0.1, -0.05) is 11.3 Å². The maximum absolute atomic E-state index is 5.68. The highest BCUT2D eigenvalue weighted by Gasteiger charge is 2.12. The molecule has 4 nitrogen and oxygen atoms in total. The first-order valence-electron chi connectivity index (χ1n) is 4.68. The lowest BCUT2D eigenvalue weighted by Gasteiger charge is -1.88. The lowest BCUT2D eigenvalue weighted by atomic mass is 10.4. The summed E-state index contributed by atoms with van der Waals surface area (Å²) >= 11 is 3.10. The number of anilines is 1. The molecule has 0 fully saturated rings. The Morgan fingerprint density at radius 2 is 2.12 bits per heavy atom. The van der Waals surface area contributed by atoms with Crippen molar-refractivity contribution in [2.45, 2.75) is 6.92 Å². The third-order valence-electron chi connectivity index (χ3n) is 2.20. The molecule has 16 heavy (non-hydrogen) atoms. The molecule has 2 N–H and O–H groups in total. The van der Waals surface area contributed by atoms with E-state index in [0.717, 1.165) is 25.8 Å². The minimum Gasteiger partial charge on any atom is -0.375 e. The Kier molecular flexibility index (Phi) is 2.12. The third kappa shape index (κ3) is 1.46. The third-order valence-corrected chi connectivity index (χ3v) is 4.34. The van der Waals surface area contributed by atoms with Crippen molar-refractivity contribution in [3.8, 4) is 9.88 Å². The smallest absolute Gasteiger partial charge is 0.180 e. The second-order valence-corrected chi connectivity index (χ2v) is 5.39. The number of nitrogens with two attached hydrogens (primary N) is 1. The topological polar surface area (TPSA) is 64.7 Å². The summed E-state index contributed by atoms with van der Waals surface area (Å²) in [6.45, 7) is 1.95. The summed E-state index contributed by atoms with van der Waals surface area (Å²) in [5.74, 6) is 0. The van der Waals surface area contributed by atoms with Gasteiger partial charge in [0.2, 0.25) is 0 Å². The summed E-state index contributed by atoms with van der Waals surface area (Å²) < 4.78 is 1.09. The normalized spacial score (nSPS) is 11.1. The first-order valence-corrected chi connectivity index (χ1v) is 6.31. The number of nitrogen functional groups attached to an aromatic ring is 1. The van der Waals surface area contributed by atoms with E-state index in [-0.39, 0.29) is 0 Å². The van der Waals surface area contributed by atoms with Gasteiger partial charge in [-0.05, 0) is 13.0 Å². The Hall–Kier alpha value is -1.53. The molecule has 0 aliphatic heterocycles.